The van der Waals surface area contributed by atoms with Crippen LogP contribution in [0, 0.1) is 0 Å². The molecule has 0 saturated carbocycles. The van der Waals surface area contributed by atoms with Gasteiger partial charge in [-0.2, -0.15) is 5.06 Å². The summed E-state index contributed by atoms with van der Waals surface area (Å²) in [6.07, 6.45) is 2.51. The number of hydrogen-bond acceptors (Lipinski definition) is 4. The maximum absolute atomic E-state index is 6.18. The topological polar surface area (TPSA) is 30.9 Å². The van der Waals surface area contributed by atoms with Gasteiger partial charge in [-0.3, -0.25) is 4.84 Å². The lowest BCUT2D eigenvalue weighted by atomic mass is 9.99. The van der Waals surface area contributed by atoms with Crippen molar-refractivity contribution in [1.29, 1.82) is 0 Å². The van der Waals surface area contributed by atoms with E-state index in [0.29, 0.717) is 5.75 Å². The van der Waals surface area contributed by atoms with Crippen LogP contribution in [0.25, 0.3) is 0 Å². The van der Waals surface area contributed by atoms with Crippen LogP contribution in [0.3, 0.4) is 0 Å². The van der Waals surface area contributed by atoms with Crippen molar-refractivity contribution in [2.45, 2.75) is 19.1 Å². The second kappa shape index (κ2) is 7.51. The summed E-state index contributed by atoms with van der Waals surface area (Å²) in [6.45, 7) is 5.49. The summed E-state index contributed by atoms with van der Waals surface area (Å²) in [5, 5.41) is 2.00. The molecule has 126 valence electrons. The molecule has 4 heteroatoms. The quantitative estimate of drug-likeness (QED) is 0.780. The first-order valence-corrected chi connectivity index (χ1v) is 8.08. The van der Waals surface area contributed by atoms with Crippen LogP contribution in [0.4, 0.5) is 0 Å². The van der Waals surface area contributed by atoms with Crippen molar-refractivity contribution in [3.05, 3.63) is 71.8 Å². The molecule has 0 spiro atoms. The van der Waals surface area contributed by atoms with Crippen LogP contribution in [0.5, 0.6) is 11.5 Å². The van der Waals surface area contributed by atoms with Gasteiger partial charge in [0.15, 0.2) is 11.5 Å². The molecule has 1 aliphatic rings. The van der Waals surface area contributed by atoms with E-state index in [-0.39, 0.29) is 6.10 Å². The van der Waals surface area contributed by atoms with Crippen molar-refractivity contribution in [3.63, 3.8) is 0 Å². The van der Waals surface area contributed by atoms with Gasteiger partial charge in [-0.15, -0.1) is 6.58 Å². The predicted molar refractivity (Wildman–Crippen MR) is 94.1 cm³/mol. The first kappa shape index (κ1) is 16.6. The maximum Gasteiger partial charge on any atom is 0.161 e. The average Bonchev–Trinajstić information content (AvgIpc) is 2.80. The van der Waals surface area contributed by atoms with Crippen molar-refractivity contribution < 1.29 is 14.3 Å². The van der Waals surface area contributed by atoms with E-state index < -0.39 is 0 Å². The molecule has 0 radical (unpaired) electrons. The zero-order valence-corrected chi connectivity index (χ0v) is 14.2. The Labute approximate surface area is 143 Å². The molecule has 0 N–H and O–H groups in total. The molecule has 0 aliphatic carbocycles. The van der Waals surface area contributed by atoms with Gasteiger partial charge >= 0.3 is 0 Å². The number of benzene rings is 2. The number of rotatable bonds is 5. The molecule has 1 atom stereocenters. The van der Waals surface area contributed by atoms with Gasteiger partial charge in [-0.05, 0) is 35.2 Å². The Morgan fingerprint density at radius 1 is 1.17 bits per heavy atom. The highest BCUT2D eigenvalue weighted by Gasteiger charge is 2.24. The fraction of sp³-hybridized carbons (Fsp3) is 0.300. The minimum Gasteiger partial charge on any atom is -0.493 e. The number of fused-ring (bicyclic) bond motifs is 1. The number of nitrogens with zero attached hydrogens (tertiary/aromatic N) is 1. The predicted octanol–water partition coefficient (Wildman–Crippen LogP) is 3.92. The van der Waals surface area contributed by atoms with E-state index in [1.165, 1.54) is 11.1 Å². The first-order chi connectivity index (χ1) is 11.7. The van der Waals surface area contributed by atoms with Crippen LogP contribution < -0.4 is 9.47 Å². The van der Waals surface area contributed by atoms with Gasteiger partial charge in [-0.25, -0.2) is 0 Å². The molecule has 2 aromatic carbocycles. The lowest BCUT2D eigenvalue weighted by molar-refractivity contribution is -0.189. The molecule has 4 nitrogen and oxygen atoms in total. The molecule has 0 unspecified atom stereocenters. The fourth-order valence-corrected chi connectivity index (χ4v) is 3.01. The van der Waals surface area contributed by atoms with Gasteiger partial charge in [0.25, 0.3) is 0 Å². The fourth-order valence-electron chi connectivity index (χ4n) is 3.01. The van der Waals surface area contributed by atoms with Crippen molar-refractivity contribution in [3.8, 4) is 11.5 Å². The summed E-state index contributed by atoms with van der Waals surface area (Å²) in [5.41, 5.74) is 3.51. The number of hydrogen-bond donors (Lipinski definition) is 0. The van der Waals surface area contributed by atoms with Crippen LogP contribution in [0.15, 0.2) is 55.1 Å². The minimum atomic E-state index is -0.203. The van der Waals surface area contributed by atoms with Gasteiger partial charge < -0.3 is 9.47 Å². The van der Waals surface area contributed by atoms with Crippen LogP contribution in [0.2, 0.25) is 0 Å². The molecule has 0 bridgehead atoms. The van der Waals surface area contributed by atoms with Gasteiger partial charge in [-0.1, -0.05) is 36.4 Å². The summed E-state index contributed by atoms with van der Waals surface area (Å²) < 4.78 is 10.9. The summed E-state index contributed by atoms with van der Waals surface area (Å²) >= 11 is 0. The second-order valence-corrected chi connectivity index (χ2v) is 5.77. The van der Waals surface area contributed by atoms with Crippen molar-refractivity contribution in [1.82, 2.24) is 5.06 Å². The van der Waals surface area contributed by atoms with Gasteiger partial charge in [0.1, 0.15) is 6.10 Å². The van der Waals surface area contributed by atoms with Crippen LogP contribution in [-0.4, -0.2) is 25.8 Å². The summed E-state index contributed by atoms with van der Waals surface area (Å²) in [5.74, 6) is 1.46. The normalized spacial score (nSPS) is 17.7. The van der Waals surface area contributed by atoms with E-state index in [0.717, 1.165) is 30.8 Å². The standard InChI is InChI=1S/C20H23NO3/c1-4-18-17-13-20(23-3)19(22-2)12-16(17)10-11-21(24-18)14-15-8-6-5-7-9-15/h4-9,12-13,18H,1,10-11,14H2,2-3H3/t18-/m0/s1. The molecule has 1 aliphatic heterocycles. The summed E-state index contributed by atoms with van der Waals surface area (Å²) in [7, 11) is 3.30. The highest BCUT2D eigenvalue weighted by Crippen LogP contribution is 2.37. The third kappa shape index (κ3) is 3.45. The maximum atomic E-state index is 6.18. The van der Waals surface area contributed by atoms with E-state index in [2.05, 4.69) is 18.7 Å². The molecule has 1 heterocycles. The number of methoxy groups -OCH3 is 2. The van der Waals surface area contributed by atoms with Crippen molar-refractivity contribution >= 4 is 0 Å². The van der Waals surface area contributed by atoms with Crippen LogP contribution >= 0.6 is 0 Å². The number of ether oxygens (including phenoxy) is 2. The molecule has 24 heavy (non-hydrogen) atoms. The molecule has 3 rings (SSSR count). The molecular weight excluding hydrogens is 302 g/mol. The van der Waals surface area contributed by atoms with E-state index in [4.69, 9.17) is 14.3 Å². The smallest absolute Gasteiger partial charge is 0.161 e. The SMILES string of the molecule is C=C[C@@H]1ON(Cc2ccccc2)CCc2cc(OC)c(OC)cc21. The average molecular weight is 325 g/mol. The van der Waals surface area contributed by atoms with E-state index in [1.807, 2.05) is 41.5 Å². The van der Waals surface area contributed by atoms with Crippen LogP contribution in [-0.2, 0) is 17.8 Å². The number of hydroxylamine groups is 2. The summed E-state index contributed by atoms with van der Waals surface area (Å²) in [4.78, 5) is 6.18. The highest BCUT2D eigenvalue weighted by atomic mass is 16.7. The third-order valence-electron chi connectivity index (χ3n) is 4.26. The largest absolute Gasteiger partial charge is 0.493 e. The molecule has 0 aromatic heterocycles. The van der Waals surface area contributed by atoms with Crippen LogP contribution in [0.1, 0.15) is 22.8 Å². The molecule has 0 saturated heterocycles. The van der Waals surface area contributed by atoms with Crippen molar-refractivity contribution in [2.24, 2.45) is 0 Å². The molecule has 2 aromatic rings. The van der Waals surface area contributed by atoms with Gasteiger partial charge in [0.2, 0.25) is 0 Å². The van der Waals surface area contributed by atoms with Gasteiger partial charge in [0.05, 0.1) is 14.2 Å². The Bertz CT molecular complexity index is 700. The lowest BCUT2D eigenvalue weighted by Crippen LogP contribution is -2.25. The third-order valence-corrected chi connectivity index (χ3v) is 4.26. The Hall–Kier alpha value is -2.30. The second-order valence-electron chi connectivity index (χ2n) is 5.77. The zero-order valence-electron chi connectivity index (χ0n) is 14.2. The van der Waals surface area contributed by atoms with E-state index in [1.54, 1.807) is 14.2 Å². The first-order valence-electron chi connectivity index (χ1n) is 8.08. The summed E-state index contributed by atoms with van der Waals surface area (Å²) in [6, 6.07) is 14.4. The Balaban J connectivity index is 1.87. The minimum absolute atomic E-state index is 0.203. The Morgan fingerprint density at radius 3 is 2.54 bits per heavy atom. The molecule has 0 amide bonds. The molecule has 0 fully saturated rings. The van der Waals surface area contributed by atoms with E-state index in [9.17, 15) is 0 Å². The zero-order chi connectivity index (χ0) is 16.9. The highest BCUT2D eigenvalue weighted by molar-refractivity contribution is 5.49. The van der Waals surface area contributed by atoms with Crippen molar-refractivity contribution in [2.75, 3.05) is 20.8 Å². The van der Waals surface area contributed by atoms with E-state index >= 15 is 0 Å². The Kier molecular flexibility index (Phi) is 5.18. The van der Waals surface area contributed by atoms with Gasteiger partial charge in [0, 0.05) is 13.1 Å². The molecular formula is C20H23NO3. The monoisotopic (exact) mass is 325 g/mol. The lowest BCUT2D eigenvalue weighted by Gasteiger charge is -2.23. The Morgan fingerprint density at radius 2 is 1.88 bits per heavy atom.